The summed E-state index contributed by atoms with van der Waals surface area (Å²) < 4.78 is 2.22. The van der Waals surface area contributed by atoms with Crippen LogP contribution in [-0.4, -0.2) is 21.2 Å². The maximum absolute atomic E-state index is 13.2. The average molecular weight is 450 g/mol. The summed E-state index contributed by atoms with van der Waals surface area (Å²) in [4.78, 5) is 30.5. The predicted molar refractivity (Wildman–Crippen MR) is 130 cm³/mol. The normalized spacial score (nSPS) is 11.1. The van der Waals surface area contributed by atoms with Gasteiger partial charge in [-0.1, -0.05) is 23.9 Å². The summed E-state index contributed by atoms with van der Waals surface area (Å²) >= 11 is 2.65. The molecule has 0 saturated carbocycles. The number of hydrogen-bond acceptors (Lipinski definition) is 5. The van der Waals surface area contributed by atoms with Gasteiger partial charge < -0.3 is 5.32 Å². The van der Waals surface area contributed by atoms with Gasteiger partial charge in [0.2, 0.25) is 5.91 Å². The number of benzene rings is 2. The molecule has 1 amide bonds. The molecule has 2 aromatic carbocycles. The predicted octanol–water partition coefficient (Wildman–Crippen LogP) is 5.41. The third-order valence-electron chi connectivity index (χ3n) is 5.32. The minimum Gasteiger partial charge on any atom is -0.325 e. The van der Waals surface area contributed by atoms with Crippen LogP contribution >= 0.6 is 23.1 Å². The van der Waals surface area contributed by atoms with Crippen molar-refractivity contribution in [3.05, 3.63) is 80.5 Å². The molecule has 5 nitrogen and oxygen atoms in total. The number of anilines is 1. The third kappa shape index (κ3) is 4.43. The number of aryl methyl sites for hydroxylation is 4. The highest BCUT2D eigenvalue weighted by Crippen LogP contribution is 2.25. The van der Waals surface area contributed by atoms with Crippen LogP contribution in [0.4, 0.5) is 5.69 Å². The molecule has 0 atom stereocenters. The first-order valence-corrected chi connectivity index (χ1v) is 11.8. The van der Waals surface area contributed by atoms with Gasteiger partial charge in [0.05, 0.1) is 17.0 Å². The summed E-state index contributed by atoms with van der Waals surface area (Å²) in [6.07, 6.45) is 0. The molecular formula is C24H23N3O2S2. The number of aromatic nitrogens is 2. The fraction of sp³-hybridized carbons (Fsp3) is 0.208. The molecule has 4 aromatic rings. The Morgan fingerprint density at radius 1 is 1.00 bits per heavy atom. The largest absolute Gasteiger partial charge is 0.325 e. The lowest BCUT2D eigenvalue weighted by atomic mass is 10.1. The zero-order valence-electron chi connectivity index (χ0n) is 17.9. The van der Waals surface area contributed by atoms with Crippen molar-refractivity contribution in [3.8, 4) is 5.69 Å². The minimum absolute atomic E-state index is 0.111. The summed E-state index contributed by atoms with van der Waals surface area (Å²) in [7, 11) is 0. The fourth-order valence-corrected chi connectivity index (χ4v) is 4.80. The van der Waals surface area contributed by atoms with Gasteiger partial charge in [-0.15, -0.1) is 11.3 Å². The highest BCUT2D eigenvalue weighted by atomic mass is 32.2. The first kappa shape index (κ1) is 21.3. The lowest BCUT2D eigenvalue weighted by molar-refractivity contribution is -0.113. The molecule has 158 valence electrons. The van der Waals surface area contributed by atoms with Crippen molar-refractivity contribution in [2.45, 2.75) is 32.9 Å². The summed E-state index contributed by atoms with van der Waals surface area (Å²) in [5.41, 5.74) is 6.63. The topological polar surface area (TPSA) is 64.0 Å². The van der Waals surface area contributed by atoms with E-state index in [0.29, 0.717) is 15.4 Å². The number of carbonyl (C=O) groups excluding carboxylic acids is 1. The number of amides is 1. The second-order valence-corrected chi connectivity index (χ2v) is 9.43. The van der Waals surface area contributed by atoms with E-state index in [-0.39, 0.29) is 17.2 Å². The Bertz CT molecular complexity index is 1350. The maximum Gasteiger partial charge on any atom is 0.276 e. The van der Waals surface area contributed by atoms with Crippen LogP contribution in [-0.2, 0) is 4.79 Å². The third-order valence-corrected chi connectivity index (χ3v) is 7.15. The summed E-state index contributed by atoms with van der Waals surface area (Å²) in [5, 5.41) is 5.30. The maximum atomic E-state index is 13.2. The molecule has 0 aliphatic rings. The van der Waals surface area contributed by atoms with Crippen molar-refractivity contribution in [3.63, 3.8) is 0 Å². The lowest BCUT2D eigenvalue weighted by Crippen LogP contribution is -2.22. The van der Waals surface area contributed by atoms with Crippen molar-refractivity contribution in [1.82, 2.24) is 9.55 Å². The van der Waals surface area contributed by atoms with E-state index < -0.39 is 0 Å². The molecule has 0 fully saturated rings. The van der Waals surface area contributed by atoms with E-state index in [1.807, 2.05) is 75.5 Å². The van der Waals surface area contributed by atoms with Gasteiger partial charge in [-0.2, -0.15) is 0 Å². The van der Waals surface area contributed by atoms with E-state index in [1.165, 1.54) is 28.7 Å². The standard InChI is InChI=1S/C24H23N3O2S2/c1-14-5-7-18(11-16(14)3)25-21(28)13-31-24-26-20-9-10-30-22(20)23(29)27(24)19-8-6-15(2)17(4)12-19/h5-12H,13H2,1-4H3,(H,25,28). The Morgan fingerprint density at radius 3 is 2.42 bits per heavy atom. The van der Waals surface area contributed by atoms with Gasteiger partial charge in [0.25, 0.3) is 5.56 Å². The highest BCUT2D eigenvalue weighted by molar-refractivity contribution is 7.99. The van der Waals surface area contributed by atoms with Crippen LogP contribution < -0.4 is 10.9 Å². The Labute approximate surface area is 189 Å². The Morgan fingerprint density at radius 2 is 1.71 bits per heavy atom. The van der Waals surface area contributed by atoms with Gasteiger partial charge in [-0.25, -0.2) is 4.98 Å². The van der Waals surface area contributed by atoms with E-state index in [1.54, 1.807) is 4.57 Å². The SMILES string of the molecule is Cc1ccc(NC(=O)CSc2nc3ccsc3c(=O)n2-c2ccc(C)c(C)c2)cc1C. The molecule has 1 N–H and O–H groups in total. The molecule has 0 aliphatic carbocycles. The molecule has 0 radical (unpaired) electrons. The van der Waals surface area contributed by atoms with Crippen LogP contribution in [0.3, 0.4) is 0 Å². The molecule has 4 rings (SSSR count). The molecule has 0 unspecified atom stereocenters. The zero-order chi connectivity index (χ0) is 22.1. The first-order valence-electron chi connectivity index (χ1n) is 9.91. The summed E-state index contributed by atoms with van der Waals surface area (Å²) in [5.74, 6) is 0.0133. The Balaban J connectivity index is 1.64. The second kappa shape index (κ2) is 8.69. The van der Waals surface area contributed by atoms with Gasteiger partial charge in [-0.3, -0.25) is 14.2 Å². The number of rotatable bonds is 5. The van der Waals surface area contributed by atoms with Crippen LogP contribution in [0.25, 0.3) is 15.9 Å². The highest BCUT2D eigenvalue weighted by Gasteiger charge is 2.16. The van der Waals surface area contributed by atoms with Gasteiger partial charge in [-0.05, 0) is 85.7 Å². The molecule has 0 aliphatic heterocycles. The molecule has 0 saturated heterocycles. The smallest absolute Gasteiger partial charge is 0.276 e. The van der Waals surface area contributed by atoms with Crippen molar-refractivity contribution >= 4 is 44.9 Å². The van der Waals surface area contributed by atoms with Crippen LogP contribution in [0, 0.1) is 27.7 Å². The van der Waals surface area contributed by atoms with Crippen molar-refractivity contribution in [2.24, 2.45) is 0 Å². The summed E-state index contributed by atoms with van der Waals surface area (Å²) in [6, 6.07) is 13.6. The van der Waals surface area contributed by atoms with E-state index in [9.17, 15) is 9.59 Å². The van der Waals surface area contributed by atoms with Crippen molar-refractivity contribution in [1.29, 1.82) is 0 Å². The van der Waals surface area contributed by atoms with Crippen molar-refractivity contribution < 1.29 is 4.79 Å². The molecule has 7 heteroatoms. The van der Waals surface area contributed by atoms with E-state index in [4.69, 9.17) is 0 Å². The number of thiophene rings is 1. The molecule has 2 aromatic heterocycles. The number of fused-ring (bicyclic) bond motifs is 1. The average Bonchev–Trinajstić information content (AvgIpc) is 3.20. The Hall–Kier alpha value is -2.90. The van der Waals surface area contributed by atoms with Crippen LogP contribution in [0.1, 0.15) is 22.3 Å². The van der Waals surface area contributed by atoms with E-state index in [0.717, 1.165) is 28.1 Å². The minimum atomic E-state index is -0.139. The number of carbonyl (C=O) groups is 1. The van der Waals surface area contributed by atoms with Crippen LogP contribution in [0.5, 0.6) is 0 Å². The van der Waals surface area contributed by atoms with Gasteiger partial charge >= 0.3 is 0 Å². The van der Waals surface area contributed by atoms with Gasteiger partial charge in [0, 0.05) is 5.69 Å². The molecular weight excluding hydrogens is 426 g/mol. The Kier molecular flexibility index (Phi) is 5.98. The van der Waals surface area contributed by atoms with Crippen molar-refractivity contribution in [2.75, 3.05) is 11.1 Å². The quantitative estimate of drug-likeness (QED) is 0.327. The lowest BCUT2D eigenvalue weighted by Gasteiger charge is -2.13. The first-order chi connectivity index (χ1) is 14.8. The monoisotopic (exact) mass is 449 g/mol. The van der Waals surface area contributed by atoms with Crippen LogP contribution in [0.2, 0.25) is 0 Å². The zero-order valence-corrected chi connectivity index (χ0v) is 19.5. The number of hydrogen-bond donors (Lipinski definition) is 1. The second-order valence-electron chi connectivity index (χ2n) is 7.57. The molecule has 2 heterocycles. The fourth-order valence-electron chi connectivity index (χ4n) is 3.23. The van der Waals surface area contributed by atoms with Gasteiger partial charge in [0.1, 0.15) is 4.70 Å². The molecule has 0 spiro atoms. The molecule has 31 heavy (non-hydrogen) atoms. The number of nitrogens with zero attached hydrogens (tertiary/aromatic N) is 2. The van der Waals surface area contributed by atoms with Crippen LogP contribution in [0.15, 0.2) is 57.8 Å². The van der Waals surface area contributed by atoms with E-state index >= 15 is 0 Å². The van der Waals surface area contributed by atoms with Gasteiger partial charge in [0.15, 0.2) is 5.16 Å². The number of thioether (sulfide) groups is 1. The van der Waals surface area contributed by atoms with E-state index in [2.05, 4.69) is 10.3 Å². The molecule has 0 bridgehead atoms. The number of nitrogens with one attached hydrogen (secondary N) is 1. The summed E-state index contributed by atoms with van der Waals surface area (Å²) in [6.45, 7) is 8.11.